The molecule has 112 valence electrons. The summed E-state index contributed by atoms with van der Waals surface area (Å²) in [6.45, 7) is 4.48. The van der Waals surface area contributed by atoms with Gasteiger partial charge < -0.3 is 14.6 Å². The van der Waals surface area contributed by atoms with E-state index >= 15 is 0 Å². The molecule has 1 unspecified atom stereocenters. The summed E-state index contributed by atoms with van der Waals surface area (Å²) in [6, 6.07) is 15.4. The Morgan fingerprint density at radius 2 is 1.81 bits per heavy atom. The maximum atomic E-state index is 10.3. The first-order valence-corrected chi connectivity index (χ1v) is 7.15. The van der Waals surface area contributed by atoms with Crippen LogP contribution in [0, 0.1) is 0 Å². The summed E-state index contributed by atoms with van der Waals surface area (Å²) in [5.74, 6) is 1.90. The van der Waals surface area contributed by atoms with E-state index in [0.29, 0.717) is 11.7 Å². The van der Waals surface area contributed by atoms with Crippen LogP contribution in [0.1, 0.15) is 37.0 Å². The standard InChI is InChI=1S/C18H22O3/c1-13(2)14-7-6-8-15(11-14)21-12-17(19)16-9-4-5-10-18(16)20-3/h4-11,13,17,19H,12H2,1-3H3. The monoisotopic (exact) mass is 286 g/mol. The Balaban J connectivity index is 2.04. The lowest BCUT2D eigenvalue weighted by molar-refractivity contribution is 0.105. The molecular weight excluding hydrogens is 264 g/mol. The third-order valence-corrected chi connectivity index (χ3v) is 3.43. The van der Waals surface area contributed by atoms with Crippen LogP contribution in [-0.4, -0.2) is 18.8 Å². The van der Waals surface area contributed by atoms with Crippen LogP contribution in [0.5, 0.6) is 11.5 Å². The molecule has 0 radical (unpaired) electrons. The van der Waals surface area contributed by atoms with Crippen LogP contribution < -0.4 is 9.47 Å². The van der Waals surface area contributed by atoms with Gasteiger partial charge in [-0.1, -0.05) is 44.2 Å². The lowest BCUT2D eigenvalue weighted by Gasteiger charge is -2.16. The molecule has 2 aromatic rings. The maximum absolute atomic E-state index is 10.3. The quantitative estimate of drug-likeness (QED) is 0.874. The first kappa shape index (κ1) is 15.4. The van der Waals surface area contributed by atoms with Gasteiger partial charge in [0.15, 0.2) is 0 Å². The SMILES string of the molecule is COc1ccccc1C(O)COc1cccc(C(C)C)c1. The number of ether oxygens (including phenoxy) is 2. The van der Waals surface area contributed by atoms with E-state index in [1.807, 2.05) is 42.5 Å². The van der Waals surface area contributed by atoms with Gasteiger partial charge in [0.25, 0.3) is 0 Å². The van der Waals surface area contributed by atoms with E-state index in [0.717, 1.165) is 11.3 Å². The third-order valence-electron chi connectivity index (χ3n) is 3.43. The van der Waals surface area contributed by atoms with Crippen LogP contribution in [-0.2, 0) is 0 Å². The second kappa shape index (κ2) is 7.14. The molecule has 0 amide bonds. The zero-order chi connectivity index (χ0) is 15.2. The number of aliphatic hydroxyl groups is 1. The van der Waals surface area contributed by atoms with Crippen LogP contribution in [0.4, 0.5) is 0 Å². The Morgan fingerprint density at radius 3 is 2.52 bits per heavy atom. The van der Waals surface area contributed by atoms with Crippen molar-refractivity contribution in [1.29, 1.82) is 0 Å². The molecule has 0 bridgehead atoms. The average molecular weight is 286 g/mol. The molecule has 1 atom stereocenters. The van der Waals surface area contributed by atoms with Crippen molar-refractivity contribution >= 4 is 0 Å². The van der Waals surface area contributed by atoms with Gasteiger partial charge in [-0.15, -0.1) is 0 Å². The topological polar surface area (TPSA) is 38.7 Å². The van der Waals surface area contributed by atoms with E-state index in [2.05, 4.69) is 19.9 Å². The van der Waals surface area contributed by atoms with Crippen molar-refractivity contribution in [2.45, 2.75) is 25.9 Å². The Hall–Kier alpha value is -2.00. The first-order chi connectivity index (χ1) is 10.1. The van der Waals surface area contributed by atoms with Crippen molar-refractivity contribution in [3.05, 3.63) is 59.7 Å². The summed E-state index contributed by atoms with van der Waals surface area (Å²) >= 11 is 0. The molecule has 3 heteroatoms. The molecule has 0 heterocycles. The number of para-hydroxylation sites is 1. The largest absolute Gasteiger partial charge is 0.496 e. The van der Waals surface area contributed by atoms with Crippen molar-refractivity contribution < 1.29 is 14.6 Å². The fourth-order valence-electron chi connectivity index (χ4n) is 2.17. The van der Waals surface area contributed by atoms with Gasteiger partial charge in [-0.25, -0.2) is 0 Å². The maximum Gasteiger partial charge on any atom is 0.124 e. The van der Waals surface area contributed by atoms with Gasteiger partial charge in [0.2, 0.25) is 0 Å². The molecule has 0 aliphatic carbocycles. The molecular formula is C18H22O3. The molecule has 2 rings (SSSR count). The number of rotatable bonds is 6. The van der Waals surface area contributed by atoms with E-state index in [1.165, 1.54) is 5.56 Å². The minimum atomic E-state index is -0.719. The molecule has 0 spiro atoms. The molecule has 1 N–H and O–H groups in total. The summed E-state index contributed by atoms with van der Waals surface area (Å²) in [5, 5.41) is 10.3. The van der Waals surface area contributed by atoms with Gasteiger partial charge in [-0.2, -0.15) is 0 Å². The molecule has 21 heavy (non-hydrogen) atoms. The predicted molar refractivity (Wildman–Crippen MR) is 84.0 cm³/mol. The van der Waals surface area contributed by atoms with Crippen molar-refractivity contribution in [1.82, 2.24) is 0 Å². The smallest absolute Gasteiger partial charge is 0.124 e. The molecule has 0 saturated heterocycles. The molecule has 0 fully saturated rings. The highest BCUT2D eigenvalue weighted by Crippen LogP contribution is 2.26. The molecule has 2 aromatic carbocycles. The second-order valence-corrected chi connectivity index (χ2v) is 5.30. The summed E-state index contributed by atoms with van der Waals surface area (Å²) < 4.78 is 11.0. The molecule has 0 saturated carbocycles. The van der Waals surface area contributed by atoms with Gasteiger partial charge in [0.05, 0.1) is 7.11 Å². The fourth-order valence-corrected chi connectivity index (χ4v) is 2.17. The number of hydrogen-bond acceptors (Lipinski definition) is 3. The lowest BCUT2D eigenvalue weighted by Crippen LogP contribution is -2.11. The van der Waals surface area contributed by atoms with Gasteiger partial charge >= 0.3 is 0 Å². The first-order valence-electron chi connectivity index (χ1n) is 7.15. The van der Waals surface area contributed by atoms with E-state index in [4.69, 9.17) is 9.47 Å². The minimum Gasteiger partial charge on any atom is -0.496 e. The Kier molecular flexibility index (Phi) is 5.23. The Bertz CT molecular complexity index is 578. The van der Waals surface area contributed by atoms with E-state index in [1.54, 1.807) is 7.11 Å². The number of methoxy groups -OCH3 is 1. The normalized spacial score (nSPS) is 12.2. The Labute approximate surface area is 126 Å². The summed E-state index contributed by atoms with van der Waals surface area (Å²) in [7, 11) is 1.60. The number of aliphatic hydroxyl groups excluding tert-OH is 1. The zero-order valence-electron chi connectivity index (χ0n) is 12.7. The van der Waals surface area contributed by atoms with Crippen molar-refractivity contribution in [2.24, 2.45) is 0 Å². The average Bonchev–Trinajstić information content (AvgIpc) is 2.52. The van der Waals surface area contributed by atoms with Crippen molar-refractivity contribution in [2.75, 3.05) is 13.7 Å². The van der Waals surface area contributed by atoms with Crippen molar-refractivity contribution in [3.63, 3.8) is 0 Å². The molecule has 0 aliphatic rings. The molecule has 0 aromatic heterocycles. The molecule has 0 aliphatic heterocycles. The van der Waals surface area contributed by atoms with Crippen LogP contribution in [0.2, 0.25) is 0 Å². The van der Waals surface area contributed by atoms with Crippen LogP contribution in [0.25, 0.3) is 0 Å². The third kappa shape index (κ3) is 3.99. The van der Waals surface area contributed by atoms with E-state index in [-0.39, 0.29) is 6.61 Å². The zero-order valence-corrected chi connectivity index (χ0v) is 12.7. The van der Waals surface area contributed by atoms with E-state index in [9.17, 15) is 5.11 Å². The summed E-state index contributed by atoms with van der Waals surface area (Å²) in [6.07, 6.45) is -0.719. The van der Waals surface area contributed by atoms with Crippen LogP contribution in [0.3, 0.4) is 0 Å². The lowest BCUT2D eigenvalue weighted by atomic mass is 10.0. The van der Waals surface area contributed by atoms with Gasteiger partial charge in [-0.05, 0) is 29.7 Å². The Morgan fingerprint density at radius 1 is 1.05 bits per heavy atom. The minimum absolute atomic E-state index is 0.196. The fraction of sp³-hybridized carbons (Fsp3) is 0.333. The highest BCUT2D eigenvalue weighted by Gasteiger charge is 2.13. The molecule has 3 nitrogen and oxygen atoms in total. The highest BCUT2D eigenvalue weighted by molar-refractivity contribution is 5.35. The van der Waals surface area contributed by atoms with Crippen LogP contribution in [0.15, 0.2) is 48.5 Å². The number of hydrogen-bond donors (Lipinski definition) is 1. The second-order valence-electron chi connectivity index (χ2n) is 5.30. The van der Waals surface area contributed by atoms with Gasteiger partial charge in [-0.3, -0.25) is 0 Å². The highest BCUT2D eigenvalue weighted by atomic mass is 16.5. The summed E-state index contributed by atoms with van der Waals surface area (Å²) in [4.78, 5) is 0. The van der Waals surface area contributed by atoms with Crippen LogP contribution >= 0.6 is 0 Å². The van der Waals surface area contributed by atoms with Gasteiger partial charge in [0, 0.05) is 5.56 Å². The van der Waals surface area contributed by atoms with Crippen molar-refractivity contribution in [3.8, 4) is 11.5 Å². The predicted octanol–water partition coefficient (Wildman–Crippen LogP) is 3.93. The van der Waals surface area contributed by atoms with E-state index < -0.39 is 6.10 Å². The number of benzene rings is 2. The van der Waals surface area contributed by atoms with Gasteiger partial charge in [0.1, 0.15) is 24.2 Å². The summed E-state index contributed by atoms with van der Waals surface area (Å²) in [5.41, 5.74) is 1.96.